The molecule has 0 aromatic carbocycles. The van der Waals surface area contributed by atoms with Gasteiger partial charge in [-0.1, -0.05) is 44.8 Å². The van der Waals surface area contributed by atoms with Crippen molar-refractivity contribution >= 4 is 0 Å². The lowest BCUT2D eigenvalue weighted by Crippen LogP contribution is -2.20. The van der Waals surface area contributed by atoms with E-state index in [1.807, 2.05) is 0 Å². The Hall–Kier alpha value is -0.300. The van der Waals surface area contributed by atoms with Crippen LogP contribution < -0.4 is 0 Å². The van der Waals surface area contributed by atoms with Crippen molar-refractivity contribution in [2.24, 2.45) is 23.7 Å². The Morgan fingerprint density at radius 2 is 1.32 bits per heavy atom. The standard InChI is InChI=1S/C21H38O/c1-3-5-6-18-7-9-19(10-8-18)11-12-20-13-15-21(16-14-20)17-22-4-2/h5-6,18-21H,3-4,7-17H2,1-2H3/b6-5+. The quantitative estimate of drug-likeness (QED) is 0.473. The molecule has 0 aliphatic heterocycles. The van der Waals surface area contributed by atoms with Crippen molar-refractivity contribution in [3.8, 4) is 0 Å². The zero-order chi connectivity index (χ0) is 15.6. The van der Waals surface area contributed by atoms with E-state index in [1.54, 1.807) is 0 Å². The molecule has 0 aromatic rings. The number of hydrogen-bond donors (Lipinski definition) is 0. The van der Waals surface area contributed by atoms with Gasteiger partial charge in [-0.15, -0.1) is 0 Å². The van der Waals surface area contributed by atoms with Crippen LogP contribution in [-0.4, -0.2) is 13.2 Å². The Morgan fingerprint density at radius 3 is 1.86 bits per heavy atom. The maximum absolute atomic E-state index is 5.60. The van der Waals surface area contributed by atoms with Crippen molar-refractivity contribution in [2.75, 3.05) is 13.2 Å². The van der Waals surface area contributed by atoms with Crippen LogP contribution in [0.5, 0.6) is 0 Å². The van der Waals surface area contributed by atoms with Crippen LogP contribution in [0.25, 0.3) is 0 Å². The van der Waals surface area contributed by atoms with Crippen molar-refractivity contribution in [3.63, 3.8) is 0 Å². The molecule has 2 aliphatic rings. The largest absolute Gasteiger partial charge is 0.381 e. The van der Waals surface area contributed by atoms with Gasteiger partial charge in [0.1, 0.15) is 0 Å². The predicted molar refractivity (Wildman–Crippen MR) is 96.1 cm³/mol. The van der Waals surface area contributed by atoms with E-state index in [0.717, 1.165) is 36.9 Å². The van der Waals surface area contributed by atoms with Gasteiger partial charge >= 0.3 is 0 Å². The van der Waals surface area contributed by atoms with Crippen molar-refractivity contribution in [1.29, 1.82) is 0 Å². The molecule has 1 heteroatoms. The van der Waals surface area contributed by atoms with E-state index in [-0.39, 0.29) is 0 Å². The SMILES string of the molecule is CC/C=C/C1CCC(CCC2CCC(COCC)CC2)CC1. The molecule has 1 nitrogen and oxygen atoms in total. The summed E-state index contributed by atoms with van der Waals surface area (Å²) in [6.07, 6.45) is 20.7. The molecule has 2 aliphatic carbocycles. The van der Waals surface area contributed by atoms with Gasteiger partial charge in [-0.3, -0.25) is 0 Å². The third-order valence-corrected chi connectivity index (χ3v) is 6.04. The fourth-order valence-electron chi connectivity index (χ4n) is 4.44. The summed E-state index contributed by atoms with van der Waals surface area (Å²) in [6, 6.07) is 0. The van der Waals surface area contributed by atoms with Crippen molar-refractivity contribution in [2.45, 2.75) is 84.5 Å². The van der Waals surface area contributed by atoms with Gasteiger partial charge in [-0.05, 0) is 75.5 Å². The fourth-order valence-corrected chi connectivity index (χ4v) is 4.44. The summed E-state index contributed by atoms with van der Waals surface area (Å²) >= 11 is 0. The summed E-state index contributed by atoms with van der Waals surface area (Å²) in [5.74, 6) is 3.81. The fraction of sp³-hybridized carbons (Fsp3) is 0.905. The lowest BCUT2D eigenvalue weighted by molar-refractivity contribution is 0.0844. The molecule has 0 N–H and O–H groups in total. The van der Waals surface area contributed by atoms with Crippen LogP contribution in [0.15, 0.2) is 12.2 Å². The average Bonchev–Trinajstić information content (AvgIpc) is 2.58. The Balaban J connectivity index is 1.55. The molecule has 22 heavy (non-hydrogen) atoms. The van der Waals surface area contributed by atoms with Crippen LogP contribution >= 0.6 is 0 Å². The normalized spacial score (nSPS) is 33.4. The molecule has 0 atom stereocenters. The van der Waals surface area contributed by atoms with E-state index in [1.165, 1.54) is 70.6 Å². The Kier molecular flexibility index (Phi) is 8.59. The molecule has 0 radical (unpaired) electrons. The molecule has 0 amide bonds. The van der Waals surface area contributed by atoms with Gasteiger partial charge in [0.25, 0.3) is 0 Å². The average molecular weight is 307 g/mol. The molecule has 2 saturated carbocycles. The Bertz CT molecular complexity index is 293. The van der Waals surface area contributed by atoms with Crippen LogP contribution in [0.4, 0.5) is 0 Å². The van der Waals surface area contributed by atoms with Gasteiger partial charge in [0.05, 0.1) is 0 Å². The number of ether oxygens (including phenoxy) is 1. The van der Waals surface area contributed by atoms with Crippen molar-refractivity contribution < 1.29 is 4.74 Å². The maximum atomic E-state index is 5.60. The second kappa shape index (κ2) is 10.5. The molecular weight excluding hydrogens is 268 g/mol. The van der Waals surface area contributed by atoms with E-state index in [9.17, 15) is 0 Å². The van der Waals surface area contributed by atoms with Gasteiger partial charge in [-0.2, -0.15) is 0 Å². The van der Waals surface area contributed by atoms with Gasteiger partial charge in [0.2, 0.25) is 0 Å². The zero-order valence-corrected chi connectivity index (χ0v) is 15.1. The highest BCUT2D eigenvalue weighted by atomic mass is 16.5. The molecule has 2 rings (SSSR count). The predicted octanol–water partition coefficient (Wildman–Crippen LogP) is 6.38. The smallest absolute Gasteiger partial charge is 0.0494 e. The summed E-state index contributed by atoms with van der Waals surface area (Å²) < 4.78 is 5.60. The lowest BCUT2D eigenvalue weighted by atomic mass is 9.75. The first-order valence-electron chi connectivity index (χ1n) is 10.1. The van der Waals surface area contributed by atoms with Crippen LogP contribution in [0.3, 0.4) is 0 Å². The minimum absolute atomic E-state index is 0.858. The molecule has 0 heterocycles. The third-order valence-electron chi connectivity index (χ3n) is 6.04. The van der Waals surface area contributed by atoms with E-state index in [0.29, 0.717) is 0 Å². The Morgan fingerprint density at radius 1 is 0.773 bits per heavy atom. The van der Waals surface area contributed by atoms with Gasteiger partial charge in [0.15, 0.2) is 0 Å². The van der Waals surface area contributed by atoms with E-state index >= 15 is 0 Å². The van der Waals surface area contributed by atoms with Crippen LogP contribution in [0.2, 0.25) is 0 Å². The summed E-state index contributed by atoms with van der Waals surface area (Å²) in [4.78, 5) is 0. The molecule has 128 valence electrons. The van der Waals surface area contributed by atoms with E-state index < -0.39 is 0 Å². The summed E-state index contributed by atoms with van der Waals surface area (Å²) in [7, 11) is 0. The zero-order valence-electron chi connectivity index (χ0n) is 15.1. The first-order chi connectivity index (χ1) is 10.8. The monoisotopic (exact) mass is 306 g/mol. The molecule has 0 spiro atoms. The number of allylic oxidation sites excluding steroid dienone is 2. The molecule has 0 unspecified atom stereocenters. The highest BCUT2D eigenvalue weighted by Gasteiger charge is 2.24. The summed E-state index contributed by atoms with van der Waals surface area (Å²) in [5.41, 5.74) is 0. The Labute approximate surface area is 138 Å². The minimum Gasteiger partial charge on any atom is -0.381 e. The molecular formula is C21H38O. The molecule has 0 aromatic heterocycles. The molecule has 2 fully saturated rings. The van der Waals surface area contributed by atoms with Crippen molar-refractivity contribution in [1.82, 2.24) is 0 Å². The third kappa shape index (κ3) is 6.44. The van der Waals surface area contributed by atoms with Crippen LogP contribution in [0, 0.1) is 23.7 Å². The van der Waals surface area contributed by atoms with Crippen molar-refractivity contribution in [3.05, 3.63) is 12.2 Å². The van der Waals surface area contributed by atoms with Crippen LogP contribution in [-0.2, 0) is 4.74 Å². The first-order valence-corrected chi connectivity index (χ1v) is 10.1. The van der Waals surface area contributed by atoms with E-state index in [2.05, 4.69) is 26.0 Å². The number of rotatable bonds is 8. The molecule has 0 saturated heterocycles. The summed E-state index contributed by atoms with van der Waals surface area (Å²) in [6.45, 7) is 6.25. The highest BCUT2D eigenvalue weighted by molar-refractivity contribution is 4.90. The maximum Gasteiger partial charge on any atom is 0.0494 e. The van der Waals surface area contributed by atoms with Gasteiger partial charge < -0.3 is 4.74 Å². The number of hydrogen-bond acceptors (Lipinski definition) is 1. The second-order valence-electron chi connectivity index (χ2n) is 7.74. The topological polar surface area (TPSA) is 9.23 Å². The highest BCUT2D eigenvalue weighted by Crippen LogP contribution is 2.36. The van der Waals surface area contributed by atoms with Gasteiger partial charge in [-0.25, -0.2) is 0 Å². The summed E-state index contributed by atoms with van der Waals surface area (Å²) in [5, 5.41) is 0. The second-order valence-corrected chi connectivity index (χ2v) is 7.74. The van der Waals surface area contributed by atoms with Gasteiger partial charge in [0, 0.05) is 13.2 Å². The first kappa shape index (κ1) is 18.0. The van der Waals surface area contributed by atoms with Crippen LogP contribution in [0.1, 0.15) is 84.5 Å². The molecule has 0 bridgehead atoms. The van der Waals surface area contributed by atoms with E-state index in [4.69, 9.17) is 4.74 Å². The lowest BCUT2D eigenvalue weighted by Gasteiger charge is -2.31. The minimum atomic E-state index is 0.858.